The predicted octanol–water partition coefficient (Wildman–Crippen LogP) is 7.70. The van der Waals surface area contributed by atoms with Gasteiger partial charge < -0.3 is 5.32 Å². The van der Waals surface area contributed by atoms with E-state index in [0.717, 1.165) is 37.5 Å². The largest absolute Gasteiger partial charge is 0.321 e. The fourth-order valence-electron chi connectivity index (χ4n) is 3.74. The SMILES string of the molecule is Cc1c(Cl)cccc1NC(=O)/C(C#N)=C/c1c(Cc2ccccc2Br)ccc2ccccc12. The third kappa shape index (κ3) is 5.01. The number of benzene rings is 4. The van der Waals surface area contributed by atoms with Crippen molar-refractivity contribution in [2.45, 2.75) is 13.3 Å². The monoisotopic (exact) mass is 514 g/mol. The summed E-state index contributed by atoms with van der Waals surface area (Å²) in [6, 6.07) is 27.5. The summed E-state index contributed by atoms with van der Waals surface area (Å²) >= 11 is 9.80. The summed E-state index contributed by atoms with van der Waals surface area (Å²) in [5.74, 6) is -0.470. The second-order valence-corrected chi connectivity index (χ2v) is 8.93. The molecule has 1 N–H and O–H groups in total. The minimum Gasteiger partial charge on any atom is -0.321 e. The molecule has 0 aromatic heterocycles. The average molecular weight is 516 g/mol. The van der Waals surface area contributed by atoms with E-state index in [2.05, 4.69) is 45.5 Å². The molecule has 33 heavy (non-hydrogen) atoms. The minimum absolute atomic E-state index is 0.0269. The average Bonchev–Trinajstić information content (AvgIpc) is 2.82. The highest BCUT2D eigenvalue weighted by Gasteiger charge is 2.15. The Labute approximate surface area is 206 Å². The van der Waals surface area contributed by atoms with Gasteiger partial charge in [0.25, 0.3) is 5.91 Å². The van der Waals surface area contributed by atoms with Gasteiger partial charge in [-0.25, -0.2) is 0 Å². The van der Waals surface area contributed by atoms with Crippen molar-refractivity contribution in [1.82, 2.24) is 0 Å². The van der Waals surface area contributed by atoms with Gasteiger partial charge in [-0.3, -0.25) is 4.79 Å². The van der Waals surface area contributed by atoms with Crippen molar-refractivity contribution in [3.05, 3.63) is 116 Å². The van der Waals surface area contributed by atoms with E-state index < -0.39 is 5.91 Å². The number of carbonyl (C=O) groups is 1. The molecule has 0 fully saturated rings. The quantitative estimate of drug-likeness (QED) is 0.219. The molecule has 4 aromatic carbocycles. The molecule has 0 radical (unpaired) electrons. The normalized spacial score (nSPS) is 11.3. The van der Waals surface area contributed by atoms with Gasteiger partial charge in [-0.1, -0.05) is 88.2 Å². The minimum atomic E-state index is -0.470. The molecule has 0 saturated heterocycles. The lowest BCUT2D eigenvalue weighted by atomic mass is 9.93. The van der Waals surface area contributed by atoms with Crippen molar-refractivity contribution < 1.29 is 4.79 Å². The van der Waals surface area contributed by atoms with Gasteiger partial charge in [-0.2, -0.15) is 5.26 Å². The van der Waals surface area contributed by atoms with E-state index in [0.29, 0.717) is 17.1 Å². The van der Waals surface area contributed by atoms with Gasteiger partial charge in [0, 0.05) is 15.2 Å². The highest BCUT2D eigenvalue weighted by atomic mass is 79.9. The fourth-order valence-corrected chi connectivity index (χ4v) is 4.34. The number of hydrogen-bond donors (Lipinski definition) is 1. The van der Waals surface area contributed by atoms with Gasteiger partial charge in [0.1, 0.15) is 11.6 Å². The fraction of sp³-hybridized carbons (Fsp3) is 0.0714. The van der Waals surface area contributed by atoms with Gasteiger partial charge in [0.2, 0.25) is 0 Å². The van der Waals surface area contributed by atoms with Crippen LogP contribution in [-0.4, -0.2) is 5.91 Å². The number of amides is 1. The maximum atomic E-state index is 13.0. The number of nitrogens with zero attached hydrogens (tertiary/aromatic N) is 1. The Balaban J connectivity index is 1.79. The molecular formula is C28H20BrClN2O. The first-order chi connectivity index (χ1) is 16.0. The second kappa shape index (κ2) is 10.0. The first-order valence-electron chi connectivity index (χ1n) is 10.4. The van der Waals surface area contributed by atoms with Crippen molar-refractivity contribution in [2.24, 2.45) is 0 Å². The lowest BCUT2D eigenvalue weighted by molar-refractivity contribution is -0.112. The van der Waals surface area contributed by atoms with E-state index in [4.69, 9.17) is 11.6 Å². The smallest absolute Gasteiger partial charge is 0.266 e. The molecule has 0 bridgehead atoms. The number of halogens is 2. The van der Waals surface area contributed by atoms with Crippen LogP contribution in [0.15, 0.2) is 88.9 Å². The van der Waals surface area contributed by atoms with Crippen LogP contribution in [0.5, 0.6) is 0 Å². The molecule has 0 aliphatic heterocycles. The number of fused-ring (bicyclic) bond motifs is 1. The molecule has 1 amide bonds. The van der Waals surface area contributed by atoms with Crippen LogP contribution in [0.4, 0.5) is 5.69 Å². The molecule has 4 aromatic rings. The molecule has 0 spiro atoms. The van der Waals surface area contributed by atoms with Crippen molar-refractivity contribution in [3.63, 3.8) is 0 Å². The van der Waals surface area contributed by atoms with Crippen LogP contribution in [0.2, 0.25) is 5.02 Å². The van der Waals surface area contributed by atoms with Gasteiger partial charge in [0.15, 0.2) is 0 Å². The number of anilines is 1. The maximum Gasteiger partial charge on any atom is 0.266 e. The first-order valence-corrected chi connectivity index (χ1v) is 11.6. The van der Waals surface area contributed by atoms with E-state index in [1.54, 1.807) is 24.3 Å². The molecule has 0 heterocycles. The van der Waals surface area contributed by atoms with Crippen LogP contribution in [0.1, 0.15) is 22.3 Å². The Kier molecular flexibility index (Phi) is 6.93. The Morgan fingerprint density at radius 2 is 1.76 bits per heavy atom. The van der Waals surface area contributed by atoms with Crippen LogP contribution in [0.25, 0.3) is 16.8 Å². The summed E-state index contributed by atoms with van der Waals surface area (Å²) in [4.78, 5) is 13.0. The van der Waals surface area contributed by atoms with Gasteiger partial charge >= 0.3 is 0 Å². The second-order valence-electron chi connectivity index (χ2n) is 7.66. The number of nitriles is 1. The third-order valence-electron chi connectivity index (χ3n) is 5.57. The zero-order valence-corrected chi connectivity index (χ0v) is 20.2. The molecule has 4 rings (SSSR count). The topological polar surface area (TPSA) is 52.9 Å². The maximum absolute atomic E-state index is 13.0. The standard InChI is InChI=1S/C28H20BrClN2O/c1-18-26(30)11-6-12-27(18)32-28(33)22(17-31)16-24-20(15-21-8-3-5-10-25(21)29)14-13-19-7-2-4-9-23(19)24/h2-14,16H,15H2,1H3,(H,32,33)/b22-16+. The van der Waals surface area contributed by atoms with Crippen LogP contribution in [0.3, 0.4) is 0 Å². The Hall–Kier alpha value is -3.39. The van der Waals surface area contributed by atoms with E-state index in [-0.39, 0.29) is 5.57 Å². The highest BCUT2D eigenvalue weighted by Crippen LogP contribution is 2.29. The van der Waals surface area contributed by atoms with E-state index in [1.807, 2.05) is 49.4 Å². The summed E-state index contributed by atoms with van der Waals surface area (Å²) in [7, 11) is 0. The van der Waals surface area contributed by atoms with E-state index >= 15 is 0 Å². The molecule has 0 aliphatic carbocycles. The van der Waals surface area contributed by atoms with Crippen molar-refractivity contribution in [1.29, 1.82) is 5.26 Å². The van der Waals surface area contributed by atoms with Gasteiger partial charge in [-0.05, 0) is 70.6 Å². The summed E-state index contributed by atoms with van der Waals surface area (Å²) in [5, 5.41) is 15.3. The van der Waals surface area contributed by atoms with Crippen LogP contribution < -0.4 is 5.32 Å². The summed E-state index contributed by atoms with van der Waals surface area (Å²) < 4.78 is 1.02. The van der Waals surface area contributed by atoms with E-state index in [1.165, 1.54) is 0 Å². The Morgan fingerprint density at radius 3 is 2.55 bits per heavy atom. The van der Waals surface area contributed by atoms with Crippen molar-refractivity contribution in [2.75, 3.05) is 5.32 Å². The molecule has 0 aliphatic rings. The Bertz CT molecular complexity index is 1440. The number of rotatable bonds is 5. The summed E-state index contributed by atoms with van der Waals surface area (Å²) in [6.45, 7) is 1.83. The van der Waals surface area contributed by atoms with Gasteiger partial charge in [0.05, 0.1) is 0 Å². The summed E-state index contributed by atoms with van der Waals surface area (Å²) in [5.41, 5.74) is 4.38. The predicted molar refractivity (Wildman–Crippen MR) is 139 cm³/mol. The molecular weight excluding hydrogens is 496 g/mol. The number of carbonyl (C=O) groups excluding carboxylic acids is 1. The summed E-state index contributed by atoms with van der Waals surface area (Å²) in [6.07, 6.45) is 2.34. The highest BCUT2D eigenvalue weighted by molar-refractivity contribution is 9.10. The van der Waals surface area contributed by atoms with Crippen LogP contribution >= 0.6 is 27.5 Å². The van der Waals surface area contributed by atoms with Crippen LogP contribution in [0, 0.1) is 18.3 Å². The zero-order chi connectivity index (χ0) is 23.4. The third-order valence-corrected chi connectivity index (χ3v) is 6.75. The van der Waals surface area contributed by atoms with Crippen LogP contribution in [-0.2, 0) is 11.2 Å². The molecule has 0 saturated carbocycles. The molecule has 162 valence electrons. The lowest BCUT2D eigenvalue weighted by Crippen LogP contribution is -2.14. The lowest BCUT2D eigenvalue weighted by Gasteiger charge is -2.13. The Morgan fingerprint density at radius 1 is 1.00 bits per heavy atom. The van der Waals surface area contributed by atoms with Gasteiger partial charge in [-0.15, -0.1) is 0 Å². The molecule has 0 atom stereocenters. The zero-order valence-electron chi connectivity index (χ0n) is 17.9. The molecule has 3 nitrogen and oxygen atoms in total. The van der Waals surface area contributed by atoms with Crippen molar-refractivity contribution >= 4 is 56.0 Å². The molecule has 0 unspecified atom stereocenters. The number of hydrogen-bond acceptors (Lipinski definition) is 2. The molecule has 5 heteroatoms. The van der Waals surface area contributed by atoms with E-state index in [9.17, 15) is 10.1 Å². The van der Waals surface area contributed by atoms with Crippen molar-refractivity contribution in [3.8, 4) is 6.07 Å². The first kappa shape index (κ1) is 22.8. The number of nitrogens with one attached hydrogen (secondary N) is 1.